The van der Waals surface area contributed by atoms with E-state index in [4.69, 9.17) is 0 Å². The lowest BCUT2D eigenvalue weighted by molar-refractivity contribution is 0.625. The van der Waals surface area contributed by atoms with Crippen LogP contribution in [-0.4, -0.2) is 37.6 Å². The van der Waals surface area contributed by atoms with E-state index in [0.29, 0.717) is 0 Å². The van der Waals surface area contributed by atoms with Gasteiger partial charge in [-0.3, -0.25) is 4.99 Å². The first kappa shape index (κ1) is 23.1. The molecule has 1 heterocycles. The van der Waals surface area contributed by atoms with E-state index < -0.39 is 0 Å². The zero-order valence-electron chi connectivity index (χ0n) is 16.0. The Kier molecular flexibility index (Phi) is 11.4. The Labute approximate surface area is 178 Å². The summed E-state index contributed by atoms with van der Waals surface area (Å²) >= 11 is 0. The minimum absolute atomic E-state index is 0. The molecule has 1 aromatic heterocycles. The van der Waals surface area contributed by atoms with Gasteiger partial charge in [0.2, 0.25) is 0 Å². The molecule has 0 unspecified atom stereocenters. The van der Waals surface area contributed by atoms with Crippen LogP contribution in [0, 0.1) is 12.7 Å². The molecule has 0 radical (unpaired) electrons. The van der Waals surface area contributed by atoms with Crippen LogP contribution in [0.4, 0.5) is 10.2 Å². The van der Waals surface area contributed by atoms with Gasteiger partial charge in [0, 0.05) is 32.9 Å². The lowest BCUT2D eigenvalue weighted by Gasteiger charge is -2.13. The van der Waals surface area contributed by atoms with Gasteiger partial charge in [0.25, 0.3) is 0 Å². The molecular formula is C20H29FIN5. The number of hydrogen-bond acceptors (Lipinski definition) is 3. The number of benzene rings is 1. The van der Waals surface area contributed by atoms with E-state index in [0.717, 1.165) is 61.8 Å². The van der Waals surface area contributed by atoms with Crippen molar-refractivity contribution in [1.82, 2.24) is 15.6 Å². The number of unbranched alkanes of at least 4 members (excludes halogenated alkanes) is 1. The molecule has 2 aromatic rings. The van der Waals surface area contributed by atoms with Crippen LogP contribution in [0.3, 0.4) is 0 Å². The molecule has 0 amide bonds. The van der Waals surface area contributed by atoms with Crippen molar-refractivity contribution in [2.75, 3.05) is 32.0 Å². The SMILES string of the molecule is CN=C(NCCCCNc1ccccn1)NCCc1ccc(F)cc1C.I. The molecule has 0 saturated carbocycles. The third-order valence-corrected chi connectivity index (χ3v) is 4.08. The summed E-state index contributed by atoms with van der Waals surface area (Å²) < 4.78 is 13.1. The highest BCUT2D eigenvalue weighted by atomic mass is 127. The van der Waals surface area contributed by atoms with Crippen molar-refractivity contribution >= 4 is 35.8 Å². The Morgan fingerprint density at radius 1 is 1.07 bits per heavy atom. The Hall–Kier alpha value is -1.90. The van der Waals surface area contributed by atoms with Crippen LogP contribution in [0.25, 0.3) is 0 Å². The number of pyridine rings is 1. The molecule has 3 N–H and O–H groups in total. The summed E-state index contributed by atoms with van der Waals surface area (Å²) in [7, 11) is 1.76. The summed E-state index contributed by atoms with van der Waals surface area (Å²) in [5.41, 5.74) is 2.13. The third-order valence-electron chi connectivity index (χ3n) is 4.08. The number of hydrogen-bond donors (Lipinski definition) is 3. The van der Waals surface area contributed by atoms with Crippen molar-refractivity contribution in [1.29, 1.82) is 0 Å². The highest BCUT2D eigenvalue weighted by molar-refractivity contribution is 14.0. The molecule has 7 heteroatoms. The topological polar surface area (TPSA) is 61.3 Å². The molecule has 1 aromatic carbocycles. The van der Waals surface area contributed by atoms with Crippen LogP contribution in [0.2, 0.25) is 0 Å². The summed E-state index contributed by atoms with van der Waals surface area (Å²) in [6.45, 7) is 4.45. The minimum atomic E-state index is -0.186. The number of nitrogens with zero attached hydrogens (tertiary/aromatic N) is 2. The van der Waals surface area contributed by atoms with Gasteiger partial charge in [0.05, 0.1) is 0 Å². The Morgan fingerprint density at radius 3 is 2.56 bits per heavy atom. The summed E-state index contributed by atoms with van der Waals surface area (Å²) in [4.78, 5) is 8.46. The van der Waals surface area contributed by atoms with Gasteiger partial charge < -0.3 is 16.0 Å². The molecule has 0 fully saturated rings. The molecule has 0 atom stereocenters. The molecule has 2 rings (SSSR count). The first-order chi connectivity index (χ1) is 12.7. The first-order valence-electron chi connectivity index (χ1n) is 9.03. The fraction of sp³-hybridized carbons (Fsp3) is 0.400. The summed E-state index contributed by atoms with van der Waals surface area (Å²) in [5, 5.41) is 9.91. The van der Waals surface area contributed by atoms with Crippen LogP contribution in [0.15, 0.2) is 47.6 Å². The molecule has 27 heavy (non-hydrogen) atoms. The number of anilines is 1. The smallest absolute Gasteiger partial charge is 0.190 e. The second kappa shape index (κ2) is 13.3. The summed E-state index contributed by atoms with van der Waals surface area (Å²) in [6, 6.07) is 10.8. The fourth-order valence-corrected chi connectivity index (χ4v) is 2.62. The molecule has 0 aliphatic rings. The van der Waals surface area contributed by atoms with Gasteiger partial charge in [0.1, 0.15) is 11.6 Å². The van der Waals surface area contributed by atoms with Crippen molar-refractivity contribution in [3.05, 3.63) is 59.5 Å². The highest BCUT2D eigenvalue weighted by Crippen LogP contribution is 2.10. The van der Waals surface area contributed by atoms with Gasteiger partial charge in [0.15, 0.2) is 5.96 Å². The number of rotatable bonds is 9. The van der Waals surface area contributed by atoms with E-state index in [1.54, 1.807) is 19.3 Å². The predicted octanol–water partition coefficient (Wildman–Crippen LogP) is 3.75. The molecule has 5 nitrogen and oxygen atoms in total. The van der Waals surface area contributed by atoms with E-state index in [1.807, 2.05) is 31.2 Å². The van der Waals surface area contributed by atoms with Gasteiger partial charge in [-0.25, -0.2) is 9.37 Å². The molecule has 0 aliphatic heterocycles. The van der Waals surface area contributed by atoms with Crippen molar-refractivity contribution in [2.24, 2.45) is 4.99 Å². The third kappa shape index (κ3) is 9.03. The van der Waals surface area contributed by atoms with E-state index >= 15 is 0 Å². The number of halogens is 2. The van der Waals surface area contributed by atoms with Crippen LogP contribution in [0.1, 0.15) is 24.0 Å². The number of nitrogens with one attached hydrogen (secondary N) is 3. The van der Waals surface area contributed by atoms with Crippen LogP contribution < -0.4 is 16.0 Å². The molecular weight excluding hydrogens is 456 g/mol. The zero-order valence-corrected chi connectivity index (χ0v) is 18.3. The second-order valence-electron chi connectivity index (χ2n) is 6.10. The van der Waals surface area contributed by atoms with Crippen molar-refractivity contribution in [2.45, 2.75) is 26.2 Å². The number of guanidine groups is 1. The van der Waals surface area contributed by atoms with Gasteiger partial charge in [-0.2, -0.15) is 0 Å². The largest absolute Gasteiger partial charge is 0.370 e. The second-order valence-corrected chi connectivity index (χ2v) is 6.10. The Balaban J connectivity index is 0.00000364. The average molecular weight is 485 g/mol. The van der Waals surface area contributed by atoms with Crippen molar-refractivity contribution in [3.63, 3.8) is 0 Å². The molecule has 0 aliphatic carbocycles. The average Bonchev–Trinajstić information content (AvgIpc) is 2.65. The summed E-state index contributed by atoms with van der Waals surface area (Å²) in [5.74, 6) is 1.52. The van der Waals surface area contributed by atoms with E-state index in [9.17, 15) is 4.39 Å². The van der Waals surface area contributed by atoms with Crippen molar-refractivity contribution in [3.8, 4) is 0 Å². The molecule has 148 valence electrons. The quantitative estimate of drug-likeness (QED) is 0.219. The van der Waals surface area contributed by atoms with Gasteiger partial charge >= 0.3 is 0 Å². The fourth-order valence-electron chi connectivity index (χ4n) is 2.62. The van der Waals surface area contributed by atoms with Crippen molar-refractivity contribution < 1.29 is 4.39 Å². The van der Waals surface area contributed by atoms with E-state index in [2.05, 4.69) is 25.9 Å². The number of aliphatic imine (C=N–C) groups is 1. The van der Waals surface area contributed by atoms with Crippen LogP contribution >= 0.6 is 24.0 Å². The lowest BCUT2D eigenvalue weighted by atomic mass is 10.1. The molecule has 0 saturated heterocycles. The monoisotopic (exact) mass is 485 g/mol. The predicted molar refractivity (Wildman–Crippen MR) is 122 cm³/mol. The van der Waals surface area contributed by atoms with Gasteiger partial charge in [-0.05, 0) is 61.6 Å². The van der Waals surface area contributed by atoms with Gasteiger partial charge in [-0.15, -0.1) is 24.0 Å². The van der Waals surface area contributed by atoms with Gasteiger partial charge in [-0.1, -0.05) is 12.1 Å². The standard InChI is InChI=1S/C20H28FN5.HI/c1-16-15-18(21)9-8-17(16)10-14-26-20(22-2)25-13-6-5-12-24-19-7-3-4-11-23-19;/h3-4,7-9,11,15H,5-6,10,12-14H2,1-2H3,(H,23,24)(H2,22,25,26);1H. The van der Waals surface area contributed by atoms with E-state index in [-0.39, 0.29) is 29.8 Å². The minimum Gasteiger partial charge on any atom is -0.370 e. The maximum Gasteiger partial charge on any atom is 0.190 e. The van der Waals surface area contributed by atoms with E-state index in [1.165, 1.54) is 6.07 Å². The number of aryl methyl sites for hydroxylation is 1. The Morgan fingerprint density at radius 2 is 1.85 bits per heavy atom. The summed E-state index contributed by atoms with van der Waals surface area (Å²) in [6.07, 6.45) is 4.71. The molecule has 0 spiro atoms. The number of aromatic nitrogens is 1. The van der Waals surface area contributed by atoms with Crippen LogP contribution in [-0.2, 0) is 6.42 Å². The maximum absolute atomic E-state index is 13.1. The van der Waals surface area contributed by atoms with Crippen LogP contribution in [0.5, 0.6) is 0 Å². The first-order valence-corrected chi connectivity index (χ1v) is 9.03. The molecule has 0 bridgehead atoms. The lowest BCUT2D eigenvalue weighted by Crippen LogP contribution is -2.38. The zero-order chi connectivity index (χ0) is 18.6. The highest BCUT2D eigenvalue weighted by Gasteiger charge is 2.02. The Bertz CT molecular complexity index is 694. The normalized spacial score (nSPS) is 10.9. The maximum atomic E-state index is 13.1.